The van der Waals surface area contributed by atoms with Gasteiger partial charge in [-0.3, -0.25) is 9.88 Å². The van der Waals surface area contributed by atoms with E-state index in [1.807, 2.05) is 36.5 Å². The van der Waals surface area contributed by atoms with Gasteiger partial charge in [0.1, 0.15) is 5.75 Å². The first-order valence-electron chi connectivity index (χ1n) is 8.67. The second kappa shape index (κ2) is 9.47. The first kappa shape index (κ1) is 18.6. The highest BCUT2D eigenvalue weighted by Gasteiger charge is 2.22. The average Bonchev–Trinajstić information content (AvgIpc) is 2.70. The van der Waals surface area contributed by atoms with Gasteiger partial charge in [0.05, 0.1) is 26.4 Å². The van der Waals surface area contributed by atoms with Gasteiger partial charge in [0.25, 0.3) is 0 Å². The summed E-state index contributed by atoms with van der Waals surface area (Å²) in [5, 5.41) is 7.14. The fourth-order valence-electron chi connectivity index (χ4n) is 2.96. The normalized spacial score (nSPS) is 15.9. The van der Waals surface area contributed by atoms with Gasteiger partial charge in [-0.1, -0.05) is 6.07 Å². The zero-order valence-corrected chi connectivity index (χ0v) is 15.7. The van der Waals surface area contributed by atoms with Crippen molar-refractivity contribution in [1.29, 1.82) is 0 Å². The maximum absolute atomic E-state index is 5.48. The van der Waals surface area contributed by atoms with E-state index in [4.69, 9.17) is 21.7 Å². The minimum Gasteiger partial charge on any atom is -0.497 e. The molecule has 138 valence electrons. The summed E-state index contributed by atoms with van der Waals surface area (Å²) >= 11 is 5.45. The molecule has 0 aliphatic carbocycles. The number of anilines is 1. The second-order valence-corrected chi connectivity index (χ2v) is 6.42. The number of thiocarbonyl (C=S) groups is 1. The van der Waals surface area contributed by atoms with Gasteiger partial charge in [-0.2, -0.15) is 0 Å². The summed E-state index contributed by atoms with van der Waals surface area (Å²) in [6.45, 7) is 4.02. The Labute approximate surface area is 159 Å². The first-order valence-corrected chi connectivity index (χ1v) is 9.08. The van der Waals surface area contributed by atoms with Crippen molar-refractivity contribution in [3.05, 3.63) is 54.4 Å². The number of rotatable bonds is 6. The van der Waals surface area contributed by atoms with E-state index in [9.17, 15) is 0 Å². The summed E-state index contributed by atoms with van der Waals surface area (Å²) in [5.74, 6) is 0.818. The Morgan fingerprint density at radius 3 is 2.69 bits per heavy atom. The quantitative estimate of drug-likeness (QED) is 0.756. The van der Waals surface area contributed by atoms with Gasteiger partial charge < -0.3 is 20.1 Å². The molecule has 1 aromatic heterocycles. The van der Waals surface area contributed by atoms with Crippen LogP contribution in [0.3, 0.4) is 0 Å². The molecule has 6 nitrogen and oxygen atoms in total. The van der Waals surface area contributed by atoms with Crippen molar-refractivity contribution in [3.63, 3.8) is 0 Å². The van der Waals surface area contributed by atoms with Crippen LogP contribution in [0.4, 0.5) is 5.69 Å². The molecule has 0 spiro atoms. The molecule has 1 saturated heterocycles. The third kappa shape index (κ3) is 5.14. The molecule has 0 bridgehead atoms. The van der Waals surface area contributed by atoms with E-state index in [2.05, 4.69) is 26.6 Å². The SMILES string of the molecule is COc1ccc(NC(=S)NC[C@@H](c2cccnc2)N2CCOCC2)cc1. The summed E-state index contributed by atoms with van der Waals surface area (Å²) < 4.78 is 10.7. The molecule has 1 aromatic carbocycles. The van der Waals surface area contributed by atoms with Crippen LogP contribution in [0.5, 0.6) is 5.75 Å². The maximum Gasteiger partial charge on any atom is 0.170 e. The summed E-state index contributed by atoms with van der Waals surface area (Å²) in [6, 6.07) is 11.9. The number of morpholine rings is 1. The zero-order chi connectivity index (χ0) is 18.2. The number of pyridine rings is 1. The molecule has 0 unspecified atom stereocenters. The summed E-state index contributed by atoms with van der Waals surface area (Å²) in [6.07, 6.45) is 3.71. The molecule has 2 heterocycles. The molecule has 1 fully saturated rings. The Morgan fingerprint density at radius 1 is 1.27 bits per heavy atom. The van der Waals surface area contributed by atoms with Gasteiger partial charge >= 0.3 is 0 Å². The maximum atomic E-state index is 5.48. The third-order valence-corrected chi connectivity index (χ3v) is 4.61. The predicted octanol–water partition coefficient (Wildman–Crippen LogP) is 2.45. The number of ether oxygens (including phenoxy) is 2. The summed E-state index contributed by atoms with van der Waals surface area (Å²) in [4.78, 5) is 6.67. The van der Waals surface area contributed by atoms with Gasteiger partial charge in [0.15, 0.2) is 5.11 Å². The lowest BCUT2D eigenvalue weighted by molar-refractivity contribution is 0.0170. The van der Waals surface area contributed by atoms with Crippen molar-refractivity contribution in [2.45, 2.75) is 6.04 Å². The predicted molar refractivity (Wildman–Crippen MR) is 107 cm³/mol. The Kier molecular flexibility index (Phi) is 6.76. The van der Waals surface area contributed by atoms with Crippen LogP contribution in [0.15, 0.2) is 48.8 Å². The van der Waals surface area contributed by atoms with Gasteiger partial charge in [0, 0.05) is 37.7 Å². The second-order valence-electron chi connectivity index (χ2n) is 6.01. The van der Waals surface area contributed by atoms with Crippen LogP contribution < -0.4 is 15.4 Å². The van der Waals surface area contributed by atoms with Crippen molar-refractivity contribution < 1.29 is 9.47 Å². The van der Waals surface area contributed by atoms with E-state index in [0.29, 0.717) is 11.7 Å². The molecule has 2 aromatic rings. The number of hydrogen-bond donors (Lipinski definition) is 2. The van der Waals surface area contributed by atoms with Gasteiger partial charge in [-0.15, -0.1) is 0 Å². The highest BCUT2D eigenvalue weighted by molar-refractivity contribution is 7.80. The van der Waals surface area contributed by atoms with Crippen molar-refractivity contribution in [1.82, 2.24) is 15.2 Å². The molecule has 1 atom stereocenters. The number of aromatic nitrogens is 1. The topological polar surface area (TPSA) is 58.7 Å². The summed E-state index contributed by atoms with van der Waals surface area (Å²) in [5.41, 5.74) is 2.10. The minimum absolute atomic E-state index is 0.197. The Balaban J connectivity index is 1.60. The zero-order valence-electron chi connectivity index (χ0n) is 14.9. The van der Waals surface area contributed by atoms with Crippen LogP contribution in [0.2, 0.25) is 0 Å². The largest absolute Gasteiger partial charge is 0.497 e. The minimum atomic E-state index is 0.197. The molecular formula is C19H24N4O2S. The Hall–Kier alpha value is -2.22. The lowest BCUT2D eigenvalue weighted by Gasteiger charge is -2.35. The molecule has 0 saturated carbocycles. The van der Waals surface area contributed by atoms with Crippen LogP contribution >= 0.6 is 12.2 Å². The van der Waals surface area contributed by atoms with Crippen molar-refractivity contribution in [3.8, 4) is 5.75 Å². The lowest BCUT2D eigenvalue weighted by atomic mass is 10.1. The molecule has 26 heavy (non-hydrogen) atoms. The number of nitrogens with zero attached hydrogens (tertiary/aromatic N) is 2. The van der Waals surface area contributed by atoms with E-state index in [1.165, 1.54) is 5.56 Å². The highest BCUT2D eigenvalue weighted by Crippen LogP contribution is 2.20. The number of nitrogens with one attached hydrogen (secondary N) is 2. The summed E-state index contributed by atoms with van der Waals surface area (Å²) in [7, 11) is 1.65. The molecule has 1 aliphatic rings. The Morgan fingerprint density at radius 2 is 2.04 bits per heavy atom. The number of hydrogen-bond acceptors (Lipinski definition) is 5. The van der Waals surface area contributed by atoms with Crippen molar-refractivity contribution in [2.75, 3.05) is 45.3 Å². The van der Waals surface area contributed by atoms with E-state index < -0.39 is 0 Å². The number of methoxy groups -OCH3 is 1. The number of benzene rings is 1. The van der Waals surface area contributed by atoms with Crippen LogP contribution in [-0.2, 0) is 4.74 Å². The van der Waals surface area contributed by atoms with Gasteiger partial charge in [-0.25, -0.2) is 0 Å². The van der Waals surface area contributed by atoms with Crippen LogP contribution in [-0.4, -0.2) is 55.0 Å². The molecule has 0 amide bonds. The fourth-order valence-corrected chi connectivity index (χ4v) is 3.16. The van der Waals surface area contributed by atoms with Crippen LogP contribution in [0, 0.1) is 0 Å². The van der Waals surface area contributed by atoms with Crippen molar-refractivity contribution in [2.24, 2.45) is 0 Å². The Bertz CT molecular complexity index is 690. The monoisotopic (exact) mass is 372 g/mol. The van der Waals surface area contributed by atoms with E-state index in [-0.39, 0.29) is 6.04 Å². The molecule has 1 aliphatic heterocycles. The van der Waals surface area contributed by atoms with Crippen molar-refractivity contribution >= 4 is 23.0 Å². The first-order chi connectivity index (χ1) is 12.8. The molecule has 3 rings (SSSR count). The molecule has 2 N–H and O–H groups in total. The highest BCUT2D eigenvalue weighted by atomic mass is 32.1. The van der Waals surface area contributed by atoms with E-state index in [1.54, 1.807) is 13.3 Å². The van der Waals surface area contributed by atoms with E-state index >= 15 is 0 Å². The third-order valence-electron chi connectivity index (χ3n) is 4.36. The smallest absolute Gasteiger partial charge is 0.170 e. The van der Waals surface area contributed by atoms with Gasteiger partial charge in [-0.05, 0) is 48.1 Å². The molecule has 0 radical (unpaired) electrons. The fraction of sp³-hybridized carbons (Fsp3) is 0.368. The molecular weight excluding hydrogens is 348 g/mol. The van der Waals surface area contributed by atoms with Crippen LogP contribution in [0.25, 0.3) is 0 Å². The standard InChI is InChI=1S/C19H24N4O2S/c1-24-17-6-4-16(5-7-17)22-19(26)21-14-18(15-3-2-8-20-13-15)23-9-11-25-12-10-23/h2-8,13,18H,9-12,14H2,1H3,(H2,21,22,26)/t18-/m0/s1. The van der Waals surface area contributed by atoms with Crippen LogP contribution in [0.1, 0.15) is 11.6 Å². The molecule has 7 heteroatoms. The van der Waals surface area contributed by atoms with E-state index in [0.717, 1.165) is 37.7 Å². The lowest BCUT2D eigenvalue weighted by Crippen LogP contribution is -2.44. The van der Waals surface area contributed by atoms with Gasteiger partial charge in [0.2, 0.25) is 0 Å². The average molecular weight is 372 g/mol.